The molecule has 0 amide bonds. The number of hydrogen-bond acceptors (Lipinski definition) is 5. The monoisotopic (exact) mass is 319 g/mol. The number of ether oxygens (including phenoxy) is 1. The molecule has 20 heavy (non-hydrogen) atoms. The van der Waals surface area contributed by atoms with Crippen LogP contribution in [-0.2, 0) is 21.4 Å². The molecule has 1 aromatic heterocycles. The first-order valence-corrected chi connectivity index (χ1v) is 8.99. The van der Waals surface area contributed by atoms with Gasteiger partial charge in [0.15, 0.2) is 0 Å². The minimum absolute atomic E-state index is 0.0940. The van der Waals surface area contributed by atoms with Crippen LogP contribution in [0.5, 0.6) is 0 Å². The highest BCUT2D eigenvalue weighted by atomic mass is 32.2. The van der Waals surface area contributed by atoms with E-state index >= 15 is 0 Å². The number of nitrogens with one attached hydrogen (secondary N) is 1. The summed E-state index contributed by atoms with van der Waals surface area (Å²) in [4.78, 5) is 0. The molecule has 1 saturated carbocycles. The lowest BCUT2D eigenvalue weighted by molar-refractivity contribution is -0.108. The van der Waals surface area contributed by atoms with Crippen LogP contribution in [0.3, 0.4) is 0 Å². The summed E-state index contributed by atoms with van der Waals surface area (Å²) in [6, 6.07) is 1.39. The highest BCUT2D eigenvalue weighted by Gasteiger charge is 2.50. The summed E-state index contributed by atoms with van der Waals surface area (Å²) in [5, 5.41) is 10.7. The average molecular weight is 319 g/mol. The third kappa shape index (κ3) is 2.92. The Balaban J connectivity index is 2.07. The van der Waals surface area contributed by atoms with Crippen molar-refractivity contribution in [1.29, 1.82) is 0 Å². The maximum Gasteiger partial charge on any atom is 0.250 e. The van der Waals surface area contributed by atoms with E-state index in [4.69, 9.17) is 9.84 Å². The zero-order valence-electron chi connectivity index (χ0n) is 11.9. The van der Waals surface area contributed by atoms with Crippen molar-refractivity contribution in [2.24, 2.45) is 5.41 Å². The van der Waals surface area contributed by atoms with E-state index in [0.717, 1.165) is 11.3 Å². The molecule has 2 unspecified atom stereocenters. The zero-order chi connectivity index (χ0) is 15.0. The number of aliphatic hydroxyl groups is 1. The van der Waals surface area contributed by atoms with Gasteiger partial charge in [0, 0.05) is 18.1 Å². The third-order valence-electron chi connectivity index (χ3n) is 3.92. The largest absolute Gasteiger partial charge is 0.392 e. The van der Waals surface area contributed by atoms with Crippen LogP contribution in [0.25, 0.3) is 0 Å². The molecular formula is C13H21NO4S2. The predicted molar refractivity (Wildman–Crippen MR) is 78.2 cm³/mol. The van der Waals surface area contributed by atoms with E-state index in [2.05, 4.69) is 4.72 Å². The van der Waals surface area contributed by atoms with Crippen LogP contribution in [0.1, 0.15) is 32.8 Å². The molecule has 0 saturated heterocycles. The number of rotatable bonds is 6. The van der Waals surface area contributed by atoms with Crippen LogP contribution in [0.2, 0.25) is 0 Å². The molecule has 2 N–H and O–H groups in total. The van der Waals surface area contributed by atoms with E-state index in [-0.39, 0.29) is 28.4 Å². The number of hydrogen-bond donors (Lipinski definition) is 2. The average Bonchev–Trinajstić information content (AvgIpc) is 2.87. The Labute approximate surface area is 124 Å². The van der Waals surface area contributed by atoms with Crippen LogP contribution < -0.4 is 4.72 Å². The molecule has 0 aromatic carbocycles. The second kappa shape index (κ2) is 5.73. The van der Waals surface area contributed by atoms with Crippen LogP contribution in [0, 0.1) is 5.41 Å². The molecule has 1 aliphatic rings. The van der Waals surface area contributed by atoms with Crippen molar-refractivity contribution >= 4 is 21.4 Å². The van der Waals surface area contributed by atoms with E-state index < -0.39 is 10.0 Å². The van der Waals surface area contributed by atoms with Gasteiger partial charge < -0.3 is 9.84 Å². The third-order valence-corrected chi connectivity index (χ3v) is 6.88. The topological polar surface area (TPSA) is 75.6 Å². The standard InChI is InChI=1S/C13H21NO4S2/c1-4-18-11-6-10(13(11,2)3)14-20(16,17)12-5-9(7-15)8-19-12/h5,8,10-11,14-15H,4,6-7H2,1-3H3. The molecule has 0 aliphatic heterocycles. The quantitative estimate of drug-likeness (QED) is 0.837. The van der Waals surface area contributed by atoms with Crippen molar-refractivity contribution in [3.05, 3.63) is 17.0 Å². The van der Waals surface area contributed by atoms with Crippen molar-refractivity contribution < 1.29 is 18.3 Å². The maximum atomic E-state index is 12.3. The van der Waals surface area contributed by atoms with Gasteiger partial charge in [-0.25, -0.2) is 13.1 Å². The van der Waals surface area contributed by atoms with Crippen molar-refractivity contribution in [3.63, 3.8) is 0 Å². The lowest BCUT2D eigenvalue weighted by atomic mass is 9.65. The van der Waals surface area contributed by atoms with Gasteiger partial charge in [0.2, 0.25) is 10.0 Å². The Hall–Kier alpha value is -0.470. The van der Waals surface area contributed by atoms with Crippen molar-refractivity contribution in [1.82, 2.24) is 4.72 Å². The van der Waals surface area contributed by atoms with Gasteiger partial charge >= 0.3 is 0 Å². The molecule has 1 aliphatic carbocycles. The number of aliphatic hydroxyl groups excluding tert-OH is 1. The maximum absolute atomic E-state index is 12.3. The molecule has 0 bridgehead atoms. The second-order valence-electron chi connectivity index (χ2n) is 5.61. The van der Waals surface area contributed by atoms with Crippen molar-refractivity contribution in [3.8, 4) is 0 Å². The summed E-state index contributed by atoms with van der Waals surface area (Å²) in [6.45, 7) is 6.45. The molecule has 0 spiro atoms. The zero-order valence-corrected chi connectivity index (χ0v) is 13.6. The lowest BCUT2D eigenvalue weighted by Gasteiger charge is -2.51. The van der Waals surface area contributed by atoms with E-state index in [9.17, 15) is 8.42 Å². The highest BCUT2D eigenvalue weighted by molar-refractivity contribution is 7.91. The Morgan fingerprint density at radius 3 is 2.75 bits per heavy atom. The van der Waals surface area contributed by atoms with Gasteiger partial charge in [-0.05, 0) is 30.4 Å². The summed E-state index contributed by atoms with van der Waals surface area (Å²) in [5.74, 6) is 0. The van der Waals surface area contributed by atoms with Gasteiger partial charge in [0.1, 0.15) is 4.21 Å². The highest BCUT2D eigenvalue weighted by Crippen LogP contribution is 2.43. The first kappa shape index (κ1) is 15.9. The minimum atomic E-state index is -3.52. The van der Waals surface area contributed by atoms with Crippen LogP contribution in [-0.4, -0.2) is 32.3 Å². The summed E-state index contributed by atoms with van der Waals surface area (Å²) in [6.07, 6.45) is 0.787. The first-order valence-electron chi connectivity index (χ1n) is 6.63. The Morgan fingerprint density at radius 2 is 2.25 bits per heavy atom. The SMILES string of the molecule is CCOC1CC(NS(=O)(=O)c2cc(CO)cs2)C1(C)C. The van der Waals surface area contributed by atoms with E-state index in [1.54, 1.807) is 5.38 Å². The molecule has 2 atom stereocenters. The Bertz CT molecular complexity index is 565. The van der Waals surface area contributed by atoms with Crippen molar-refractivity contribution in [2.45, 2.75) is 50.2 Å². The predicted octanol–water partition coefficient (Wildman–Crippen LogP) is 1.72. The number of thiophene rings is 1. The molecule has 1 aromatic rings. The van der Waals surface area contributed by atoms with Crippen LogP contribution in [0.4, 0.5) is 0 Å². The Morgan fingerprint density at radius 1 is 1.55 bits per heavy atom. The molecule has 1 fully saturated rings. The molecule has 5 nitrogen and oxygen atoms in total. The van der Waals surface area contributed by atoms with Crippen molar-refractivity contribution in [2.75, 3.05) is 6.61 Å². The van der Waals surface area contributed by atoms with Gasteiger partial charge in [0.05, 0.1) is 12.7 Å². The first-order chi connectivity index (χ1) is 9.31. The van der Waals surface area contributed by atoms with Crippen LogP contribution in [0.15, 0.2) is 15.7 Å². The lowest BCUT2D eigenvalue weighted by Crippen LogP contribution is -2.61. The van der Waals surface area contributed by atoms with Gasteiger partial charge in [0.25, 0.3) is 0 Å². The fourth-order valence-electron chi connectivity index (χ4n) is 2.39. The molecule has 7 heteroatoms. The van der Waals surface area contributed by atoms with Gasteiger partial charge in [-0.1, -0.05) is 13.8 Å². The summed E-state index contributed by atoms with van der Waals surface area (Å²) in [7, 11) is -3.52. The molecular weight excluding hydrogens is 298 g/mol. The Kier molecular flexibility index (Phi) is 4.56. The van der Waals surface area contributed by atoms with Gasteiger partial charge in [-0.2, -0.15) is 0 Å². The fourth-order valence-corrected chi connectivity index (χ4v) is 5.01. The number of sulfonamides is 1. The second-order valence-corrected chi connectivity index (χ2v) is 8.46. The normalized spacial score (nSPS) is 25.4. The summed E-state index contributed by atoms with van der Waals surface area (Å²) in [5.41, 5.74) is 0.413. The van der Waals surface area contributed by atoms with E-state index in [1.165, 1.54) is 6.07 Å². The fraction of sp³-hybridized carbons (Fsp3) is 0.692. The van der Waals surface area contributed by atoms with E-state index in [0.29, 0.717) is 18.6 Å². The van der Waals surface area contributed by atoms with E-state index in [1.807, 2.05) is 20.8 Å². The molecule has 0 radical (unpaired) electrons. The van der Waals surface area contributed by atoms with Gasteiger partial charge in [-0.15, -0.1) is 11.3 Å². The van der Waals surface area contributed by atoms with Gasteiger partial charge in [-0.3, -0.25) is 0 Å². The molecule has 114 valence electrons. The molecule has 1 heterocycles. The summed E-state index contributed by atoms with van der Waals surface area (Å²) < 4.78 is 33.2. The summed E-state index contributed by atoms with van der Waals surface area (Å²) >= 11 is 1.13. The van der Waals surface area contributed by atoms with Crippen LogP contribution >= 0.6 is 11.3 Å². The molecule has 2 rings (SSSR count). The smallest absolute Gasteiger partial charge is 0.250 e. The minimum Gasteiger partial charge on any atom is -0.392 e.